The van der Waals surface area contributed by atoms with Crippen LogP contribution < -0.4 is 10.6 Å². The summed E-state index contributed by atoms with van der Waals surface area (Å²) in [5, 5.41) is 27.6. The average Bonchev–Trinajstić information content (AvgIpc) is 3.19. The van der Waals surface area contributed by atoms with Crippen LogP contribution >= 0.6 is 11.8 Å². The van der Waals surface area contributed by atoms with E-state index in [0.717, 1.165) is 25.1 Å². The van der Waals surface area contributed by atoms with Crippen LogP contribution in [0.25, 0.3) is 0 Å². The topological polar surface area (TPSA) is 102 Å². The van der Waals surface area contributed by atoms with Crippen LogP contribution in [0.3, 0.4) is 0 Å². The zero-order valence-electron chi connectivity index (χ0n) is 20.4. The van der Waals surface area contributed by atoms with Gasteiger partial charge in [-0.15, -0.1) is 0 Å². The average molecular weight is 478 g/mol. The van der Waals surface area contributed by atoms with Crippen molar-refractivity contribution in [1.82, 2.24) is 15.5 Å². The Morgan fingerprint density at radius 1 is 1.30 bits per heavy atom. The second-order valence-electron chi connectivity index (χ2n) is 10.4. The summed E-state index contributed by atoms with van der Waals surface area (Å²) in [7, 11) is 0. The molecular weight excluding hydrogens is 438 g/mol. The highest BCUT2D eigenvalue weighted by Crippen LogP contribution is 2.40. The normalized spacial score (nSPS) is 25.2. The molecule has 2 aliphatic heterocycles. The van der Waals surface area contributed by atoms with Gasteiger partial charge in [0.25, 0.3) is 5.91 Å². The third-order valence-corrected chi connectivity index (χ3v) is 8.18. The maximum Gasteiger partial charge on any atom is 0.251 e. The maximum absolute atomic E-state index is 13.1. The second-order valence-corrected chi connectivity index (χ2v) is 11.8. The van der Waals surface area contributed by atoms with Crippen LogP contribution in [0.1, 0.15) is 62.9 Å². The number of aromatic hydroxyl groups is 1. The summed E-state index contributed by atoms with van der Waals surface area (Å²) in [4.78, 5) is 28.1. The third kappa shape index (κ3) is 6.43. The predicted octanol–water partition coefficient (Wildman–Crippen LogP) is 2.68. The number of piperidine rings is 1. The summed E-state index contributed by atoms with van der Waals surface area (Å²) in [5.41, 5.74) is 0.589. The standard InChI is InChI=1S/C25H39N3O4S/c1-6-18(26-23(31)17-8-7-9-20(29)15(17)2)21(30)14-28-13-16-10-11-33-22(16)12-19(28)24(32)27-25(3,4)5/h7-9,16,18-19,21-22,29-30H,6,10-14H2,1-5H3,(H,26,31)(H,27,32)/t16-,18+,19+,21-,22+/m1/s1. The van der Waals surface area contributed by atoms with E-state index in [-0.39, 0.29) is 29.1 Å². The van der Waals surface area contributed by atoms with E-state index in [9.17, 15) is 19.8 Å². The van der Waals surface area contributed by atoms with Gasteiger partial charge in [-0.05, 0) is 70.8 Å². The minimum atomic E-state index is -0.813. The summed E-state index contributed by atoms with van der Waals surface area (Å²) < 4.78 is 0. The molecule has 33 heavy (non-hydrogen) atoms. The Bertz CT molecular complexity index is 857. The van der Waals surface area contributed by atoms with Crippen LogP contribution in [-0.2, 0) is 4.79 Å². The van der Waals surface area contributed by atoms with E-state index in [1.807, 2.05) is 39.5 Å². The van der Waals surface area contributed by atoms with Crippen molar-refractivity contribution in [3.8, 4) is 5.75 Å². The number of fused-ring (bicyclic) bond motifs is 1. The summed E-state index contributed by atoms with van der Waals surface area (Å²) in [6.45, 7) is 10.7. The molecule has 0 unspecified atom stereocenters. The molecule has 0 spiro atoms. The van der Waals surface area contributed by atoms with Gasteiger partial charge < -0.3 is 20.8 Å². The van der Waals surface area contributed by atoms with Crippen LogP contribution in [0.5, 0.6) is 5.75 Å². The van der Waals surface area contributed by atoms with Crippen molar-refractivity contribution in [2.24, 2.45) is 5.92 Å². The molecule has 7 nitrogen and oxygen atoms in total. The fourth-order valence-electron chi connectivity index (χ4n) is 4.84. The van der Waals surface area contributed by atoms with Gasteiger partial charge in [-0.3, -0.25) is 14.5 Å². The summed E-state index contributed by atoms with van der Waals surface area (Å²) >= 11 is 1.96. The molecule has 184 valence electrons. The number of phenols is 1. The lowest BCUT2D eigenvalue weighted by molar-refractivity contribution is -0.130. The number of aliphatic hydroxyl groups excluding tert-OH is 1. The van der Waals surface area contributed by atoms with Gasteiger partial charge in [0.05, 0.1) is 18.2 Å². The zero-order chi connectivity index (χ0) is 24.3. The summed E-state index contributed by atoms with van der Waals surface area (Å²) in [6, 6.07) is 4.11. The minimum Gasteiger partial charge on any atom is -0.508 e. The fourth-order valence-corrected chi connectivity index (χ4v) is 6.39. The Balaban J connectivity index is 1.71. The lowest BCUT2D eigenvalue weighted by Gasteiger charge is -2.43. The molecule has 5 atom stereocenters. The first-order valence-electron chi connectivity index (χ1n) is 11.9. The first-order valence-corrected chi connectivity index (χ1v) is 13.0. The number of carbonyl (C=O) groups is 2. The molecule has 2 amide bonds. The zero-order valence-corrected chi connectivity index (χ0v) is 21.2. The number of likely N-dealkylation sites (tertiary alicyclic amines) is 1. The molecular formula is C25H39N3O4S. The first kappa shape index (κ1) is 25.8. The van der Waals surface area contributed by atoms with Crippen molar-refractivity contribution in [3.63, 3.8) is 0 Å². The lowest BCUT2D eigenvalue weighted by atomic mass is 9.89. The Labute approximate surface area is 201 Å². The summed E-state index contributed by atoms with van der Waals surface area (Å²) in [5.74, 6) is 1.41. The molecule has 0 bridgehead atoms. The van der Waals surface area contributed by atoms with E-state index in [4.69, 9.17) is 0 Å². The Hall–Kier alpha value is -1.77. The van der Waals surface area contributed by atoms with Crippen molar-refractivity contribution < 1.29 is 19.8 Å². The third-order valence-electron chi connectivity index (χ3n) is 6.70. The maximum atomic E-state index is 13.1. The molecule has 2 saturated heterocycles. The van der Waals surface area contributed by atoms with Gasteiger partial charge in [0.1, 0.15) is 5.75 Å². The molecule has 1 aromatic carbocycles. The van der Waals surface area contributed by atoms with E-state index in [1.54, 1.807) is 25.1 Å². The van der Waals surface area contributed by atoms with Crippen molar-refractivity contribution in [2.75, 3.05) is 18.8 Å². The fraction of sp³-hybridized carbons (Fsp3) is 0.680. The van der Waals surface area contributed by atoms with Crippen molar-refractivity contribution in [2.45, 2.75) is 82.9 Å². The van der Waals surface area contributed by atoms with Crippen LogP contribution in [0.2, 0.25) is 0 Å². The van der Waals surface area contributed by atoms with Gasteiger partial charge in [0, 0.05) is 35.0 Å². The Morgan fingerprint density at radius 3 is 2.70 bits per heavy atom. The van der Waals surface area contributed by atoms with E-state index >= 15 is 0 Å². The first-order chi connectivity index (χ1) is 15.5. The molecule has 4 N–H and O–H groups in total. The van der Waals surface area contributed by atoms with Crippen LogP contribution in [0.15, 0.2) is 18.2 Å². The number of nitrogens with one attached hydrogen (secondary N) is 2. The number of aliphatic hydroxyl groups is 1. The number of nitrogens with zero attached hydrogens (tertiary/aromatic N) is 1. The number of thioether (sulfide) groups is 1. The number of amides is 2. The van der Waals surface area contributed by atoms with Crippen molar-refractivity contribution >= 4 is 23.6 Å². The lowest BCUT2D eigenvalue weighted by Crippen LogP contribution is -2.60. The number of β-amino-alcohol motifs (C(OH)–C–C–N with tert-alkyl or cyclic N) is 1. The number of hydrogen-bond donors (Lipinski definition) is 4. The summed E-state index contributed by atoms with van der Waals surface area (Å²) in [6.07, 6.45) is 1.67. The van der Waals surface area contributed by atoms with Crippen LogP contribution in [-0.4, -0.2) is 74.7 Å². The highest BCUT2D eigenvalue weighted by Gasteiger charge is 2.43. The molecule has 0 aliphatic carbocycles. The monoisotopic (exact) mass is 477 g/mol. The molecule has 8 heteroatoms. The molecule has 3 rings (SSSR count). The van der Waals surface area contributed by atoms with Gasteiger partial charge in [-0.1, -0.05) is 13.0 Å². The van der Waals surface area contributed by atoms with Crippen LogP contribution in [0.4, 0.5) is 0 Å². The van der Waals surface area contributed by atoms with Gasteiger partial charge >= 0.3 is 0 Å². The number of carbonyl (C=O) groups excluding carboxylic acids is 2. The smallest absolute Gasteiger partial charge is 0.251 e. The van der Waals surface area contributed by atoms with E-state index < -0.39 is 12.1 Å². The minimum absolute atomic E-state index is 0.00752. The number of benzene rings is 1. The van der Waals surface area contributed by atoms with Crippen LogP contribution in [0, 0.1) is 12.8 Å². The van der Waals surface area contributed by atoms with Gasteiger partial charge in [0.2, 0.25) is 5.91 Å². The van der Waals surface area contributed by atoms with Gasteiger partial charge in [-0.2, -0.15) is 11.8 Å². The second kappa shape index (κ2) is 10.7. The van der Waals surface area contributed by atoms with Crippen molar-refractivity contribution in [3.05, 3.63) is 29.3 Å². The van der Waals surface area contributed by atoms with Gasteiger partial charge in [-0.25, -0.2) is 0 Å². The molecule has 2 fully saturated rings. The quantitative estimate of drug-likeness (QED) is 0.482. The van der Waals surface area contributed by atoms with Crippen molar-refractivity contribution in [1.29, 1.82) is 0 Å². The van der Waals surface area contributed by atoms with E-state index in [2.05, 4.69) is 15.5 Å². The molecule has 0 aromatic heterocycles. The SMILES string of the molecule is CC[C@H](NC(=O)c1cccc(O)c1C)[C@H](O)CN1C[C@H]2CCS[C@H]2C[C@H]1C(=O)NC(C)(C)C. The highest BCUT2D eigenvalue weighted by molar-refractivity contribution is 8.00. The predicted molar refractivity (Wildman–Crippen MR) is 133 cm³/mol. The number of rotatable bonds is 7. The number of hydrogen-bond acceptors (Lipinski definition) is 6. The highest BCUT2D eigenvalue weighted by atomic mass is 32.2. The van der Waals surface area contributed by atoms with E-state index in [1.165, 1.54) is 0 Å². The van der Waals surface area contributed by atoms with E-state index in [0.29, 0.717) is 35.3 Å². The van der Waals surface area contributed by atoms with Gasteiger partial charge in [0.15, 0.2) is 0 Å². The Morgan fingerprint density at radius 2 is 2.03 bits per heavy atom. The molecule has 0 radical (unpaired) electrons. The molecule has 2 heterocycles. The molecule has 2 aliphatic rings. The largest absolute Gasteiger partial charge is 0.508 e. The molecule has 0 saturated carbocycles. The number of phenolic OH excluding ortho intramolecular Hbond substituents is 1. The Kier molecular flexibility index (Phi) is 8.35. The molecule has 1 aromatic rings.